The molecule has 0 saturated heterocycles. The van der Waals surface area contributed by atoms with Gasteiger partial charge in [0.15, 0.2) is 5.75 Å². The third kappa shape index (κ3) is 2.51. The highest BCUT2D eigenvalue weighted by Gasteiger charge is 2.15. The standard InChI is InChI=1S/C13H21NO/c1-8(2)11-6-10(5)7-12(9(3)4)13(11)15-14/h6-9H,14H2,1-5H3. The average molecular weight is 207 g/mol. The van der Waals surface area contributed by atoms with Crippen molar-refractivity contribution in [3.05, 3.63) is 28.8 Å². The van der Waals surface area contributed by atoms with E-state index in [2.05, 4.69) is 46.8 Å². The van der Waals surface area contributed by atoms with Crippen molar-refractivity contribution < 1.29 is 4.84 Å². The molecule has 2 N–H and O–H groups in total. The highest BCUT2D eigenvalue weighted by atomic mass is 16.6. The second kappa shape index (κ2) is 4.67. The number of benzene rings is 1. The molecular formula is C13H21NO. The summed E-state index contributed by atoms with van der Waals surface area (Å²) in [4.78, 5) is 5.05. The topological polar surface area (TPSA) is 35.2 Å². The molecule has 1 rings (SSSR count). The number of hydrogen-bond donors (Lipinski definition) is 1. The molecule has 0 aliphatic rings. The predicted octanol–water partition coefficient (Wildman–Crippen LogP) is 3.49. The minimum absolute atomic E-state index is 0.431. The molecule has 0 aliphatic heterocycles. The van der Waals surface area contributed by atoms with E-state index < -0.39 is 0 Å². The van der Waals surface area contributed by atoms with Gasteiger partial charge in [-0.25, -0.2) is 0 Å². The molecule has 84 valence electrons. The van der Waals surface area contributed by atoms with Crippen molar-refractivity contribution in [1.82, 2.24) is 0 Å². The van der Waals surface area contributed by atoms with E-state index in [1.807, 2.05) is 0 Å². The minimum atomic E-state index is 0.431. The van der Waals surface area contributed by atoms with E-state index in [1.54, 1.807) is 0 Å². The summed E-state index contributed by atoms with van der Waals surface area (Å²) in [7, 11) is 0. The van der Waals surface area contributed by atoms with Gasteiger partial charge in [0.25, 0.3) is 0 Å². The van der Waals surface area contributed by atoms with E-state index in [0.717, 1.165) is 5.75 Å². The zero-order valence-electron chi connectivity index (χ0n) is 10.3. The fraction of sp³-hybridized carbons (Fsp3) is 0.538. The molecular weight excluding hydrogens is 186 g/mol. The van der Waals surface area contributed by atoms with E-state index in [1.165, 1.54) is 16.7 Å². The molecule has 0 aromatic heterocycles. The second-order valence-electron chi connectivity index (χ2n) is 4.70. The van der Waals surface area contributed by atoms with Crippen LogP contribution in [0.5, 0.6) is 5.75 Å². The van der Waals surface area contributed by atoms with Crippen LogP contribution in [-0.4, -0.2) is 0 Å². The lowest BCUT2D eigenvalue weighted by Crippen LogP contribution is -2.09. The van der Waals surface area contributed by atoms with Gasteiger partial charge in [0.1, 0.15) is 0 Å². The third-order valence-corrected chi connectivity index (χ3v) is 2.65. The third-order valence-electron chi connectivity index (χ3n) is 2.65. The molecule has 0 aliphatic carbocycles. The van der Waals surface area contributed by atoms with E-state index in [9.17, 15) is 0 Å². The first-order valence-corrected chi connectivity index (χ1v) is 5.48. The maximum Gasteiger partial charge on any atom is 0.153 e. The van der Waals surface area contributed by atoms with Crippen LogP contribution in [0.15, 0.2) is 12.1 Å². The highest BCUT2D eigenvalue weighted by Crippen LogP contribution is 2.34. The Morgan fingerprint density at radius 2 is 1.40 bits per heavy atom. The van der Waals surface area contributed by atoms with Gasteiger partial charge < -0.3 is 4.84 Å². The Bertz CT molecular complexity index is 313. The maximum atomic E-state index is 5.38. The molecule has 2 nitrogen and oxygen atoms in total. The summed E-state index contributed by atoms with van der Waals surface area (Å²) in [5.41, 5.74) is 3.66. The van der Waals surface area contributed by atoms with Gasteiger partial charge in [-0.15, -0.1) is 0 Å². The van der Waals surface area contributed by atoms with Gasteiger partial charge in [-0.2, -0.15) is 5.90 Å². The number of nitrogens with two attached hydrogens (primary N) is 1. The molecule has 2 heteroatoms. The zero-order chi connectivity index (χ0) is 11.6. The normalized spacial score (nSPS) is 11.2. The van der Waals surface area contributed by atoms with Crippen LogP contribution in [-0.2, 0) is 0 Å². The molecule has 0 amide bonds. The Kier molecular flexibility index (Phi) is 3.75. The molecule has 0 bridgehead atoms. The van der Waals surface area contributed by atoms with Crippen LogP contribution in [0.3, 0.4) is 0 Å². The van der Waals surface area contributed by atoms with E-state index in [-0.39, 0.29) is 0 Å². The summed E-state index contributed by atoms with van der Waals surface area (Å²) in [5, 5.41) is 0. The summed E-state index contributed by atoms with van der Waals surface area (Å²) < 4.78 is 0. The highest BCUT2D eigenvalue weighted by molar-refractivity contribution is 5.47. The predicted molar refractivity (Wildman–Crippen MR) is 64.2 cm³/mol. The van der Waals surface area contributed by atoms with Crippen LogP contribution in [0, 0.1) is 6.92 Å². The van der Waals surface area contributed by atoms with Crippen LogP contribution in [0.4, 0.5) is 0 Å². The molecule has 15 heavy (non-hydrogen) atoms. The lowest BCUT2D eigenvalue weighted by atomic mass is 9.92. The largest absolute Gasteiger partial charge is 0.411 e. The zero-order valence-corrected chi connectivity index (χ0v) is 10.3. The minimum Gasteiger partial charge on any atom is -0.411 e. The van der Waals surface area contributed by atoms with Crippen LogP contribution in [0.25, 0.3) is 0 Å². The fourth-order valence-corrected chi connectivity index (χ4v) is 1.82. The van der Waals surface area contributed by atoms with Crippen molar-refractivity contribution >= 4 is 0 Å². The fourth-order valence-electron chi connectivity index (χ4n) is 1.82. The quantitative estimate of drug-likeness (QED) is 0.770. The van der Waals surface area contributed by atoms with Gasteiger partial charge in [-0.1, -0.05) is 45.4 Å². The maximum absolute atomic E-state index is 5.38. The summed E-state index contributed by atoms with van der Waals surface area (Å²) >= 11 is 0. The van der Waals surface area contributed by atoms with Crippen LogP contribution >= 0.6 is 0 Å². The van der Waals surface area contributed by atoms with Crippen molar-refractivity contribution in [2.24, 2.45) is 5.90 Å². The van der Waals surface area contributed by atoms with E-state index in [0.29, 0.717) is 11.8 Å². The smallest absolute Gasteiger partial charge is 0.153 e. The Labute approximate surface area is 92.4 Å². The molecule has 0 unspecified atom stereocenters. The van der Waals surface area contributed by atoms with E-state index >= 15 is 0 Å². The Morgan fingerprint density at radius 1 is 1.00 bits per heavy atom. The van der Waals surface area contributed by atoms with Crippen LogP contribution in [0.2, 0.25) is 0 Å². The average Bonchev–Trinajstić information content (AvgIpc) is 2.16. The number of hydrogen-bond acceptors (Lipinski definition) is 2. The first-order valence-electron chi connectivity index (χ1n) is 5.48. The van der Waals surface area contributed by atoms with Crippen molar-refractivity contribution in [2.45, 2.75) is 46.5 Å². The molecule has 1 aromatic rings. The van der Waals surface area contributed by atoms with Gasteiger partial charge in [0.2, 0.25) is 0 Å². The molecule has 0 radical (unpaired) electrons. The van der Waals surface area contributed by atoms with Gasteiger partial charge in [0.05, 0.1) is 0 Å². The van der Waals surface area contributed by atoms with Crippen molar-refractivity contribution in [1.29, 1.82) is 0 Å². The monoisotopic (exact) mass is 207 g/mol. The number of rotatable bonds is 3. The Balaban J connectivity index is 3.38. The molecule has 0 heterocycles. The van der Waals surface area contributed by atoms with Crippen LogP contribution in [0.1, 0.15) is 56.2 Å². The summed E-state index contributed by atoms with van der Waals surface area (Å²) in [6.45, 7) is 10.7. The SMILES string of the molecule is Cc1cc(C(C)C)c(ON)c(C(C)C)c1. The summed E-state index contributed by atoms with van der Waals surface area (Å²) in [5.74, 6) is 7.09. The summed E-state index contributed by atoms with van der Waals surface area (Å²) in [6, 6.07) is 4.30. The first-order chi connectivity index (χ1) is 6.97. The van der Waals surface area contributed by atoms with Gasteiger partial charge in [-0.3, -0.25) is 0 Å². The lowest BCUT2D eigenvalue weighted by Gasteiger charge is -2.18. The molecule has 0 saturated carbocycles. The Hall–Kier alpha value is -1.02. The molecule has 0 atom stereocenters. The van der Waals surface area contributed by atoms with Crippen molar-refractivity contribution in [2.75, 3.05) is 0 Å². The van der Waals surface area contributed by atoms with E-state index in [4.69, 9.17) is 10.7 Å². The Morgan fingerprint density at radius 3 is 1.67 bits per heavy atom. The van der Waals surface area contributed by atoms with Gasteiger partial charge in [0, 0.05) is 0 Å². The molecule has 0 fully saturated rings. The number of aryl methyl sites for hydroxylation is 1. The molecule has 0 spiro atoms. The molecule has 1 aromatic carbocycles. The van der Waals surface area contributed by atoms with Gasteiger partial charge in [-0.05, 0) is 29.9 Å². The summed E-state index contributed by atoms with van der Waals surface area (Å²) in [6.07, 6.45) is 0. The lowest BCUT2D eigenvalue weighted by molar-refractivity contribution is 0.324. The van der Waals surface area contributed by atoms with Crippen molar-refractivity contribution in [3.8, 4) is 5.75 Å². The first kappa shape index (κ1) is 12.1. The van der Waals surface area contributed by atoms with Crippen LogP contribution < -0.4 is 10.7 Å². The van der Waals surface area contributed by atoms with Crippen molar-refractivity contribution in [3.63, 3.8) is 0 Å². The second-order valence-corrected chi connectivity index (χ2v) is 4.70. The van der Waals surface area contributed by atoms with Gasteiger partial charge >= 0.3 is 0 Å².